The summed E-state index contributed by atoms with van der Waals surface area (Å²) in [4.78, 5) is 20.3. The molecule has 0 saturated carbocycles. The van der Waals surface area contributed by atoms with Gasteiger partial charge in [-0.25, -0.2) is 0 Å². The van der Waals surface area contributed by atoms with E-state index in [1.54, 1.807) is 24.3 Å². The van der Waals surface area contributed by atoms with Crippen LogP contribution in [0.1, 0.15) is 13.3 Å². The SMILES string of the molecule is COC(=O)CC(C)=O.Oc1ccccc1. The lowest BCUT2D eigenvalue weighted by Gasteiger charge is -1.90. The summed E-state index contributed by atoms with van der Waals surface area (Å²) in [5, 5.41) is 8.63. The van der Waals surface area contributed by atoms with Gasteiger partial charge in [0.1, 0.15) is 18.0 Å². The lowest BCUT2D eigenvalue weighted by Crippen LogP contribution is -2.05. The summed E-state index contributed by atoms with van der Waals surface area (Å²) in [6, 6.07) is 8.71. The summed E-state index contributed by atoms with van der Waals surface area (Å²) < 4.78 is 4.20. The van der Waals surface area contributed by atoms with Gasteiger partial charge in [-0.05, 0) is 19.1 Å². The lowest BCUT2D eigenvalue weighted by atomic mass is 10.3. The predicted octanol–water partition coefficient (Wildman–Crippen LogP) is 1.53. The van der Waals surface area contributed by atoms with Crippen molar-refractivity contribution in [1.29, 1.82) is 0 Å². The maximum absolute atomic E-state index is 10.2. The molecule has 1 aromatic rings. The fraction of sp³-hybridized carbons (Fsp3) is 0.273. The third-order valence-corrected chi connectivity index (χ3v) is 1.38. The number of benzene rings is 1. The predicted molar refractivity (Wildman–Crippen MR) is 55.4 cm³/mol. The minimum absolute atomic E-state index is 0.115. The molecule has 15 heavy (non-hydrogen) atoms. The Bertz CT molecular complexity index is 306. The number of phenols is 1. The molecule has 0 saturated heterocycles. The molecule has 4 heteroatoms. The highest BCUT2D eigenvalue weighted by atomic mass is 16.5. The number of carbonyl (C=O) groups is 2. The third-order valence-electron chi connectivity index (χ3n) is 1.38. The number of esters is 1. The summed E-state index contributed by atoms with van der Waals surface area (Å²) in [5.74, 6) is -0.322. The molecule has 1 aromatic carbocycles. The van der Waals surface area contributed by atoms with Gasteiger partial charge in [0.2, 0.25) is 0 Å². The lowest BCUT2D eigenvalue weighted by molar-refractivity contribution is -0.142. The number of Topliss-reactive ketones (excluding diaryl/α,β-unsaturated/α-hetero) is 1. The van der Waals surface area contributed by atoms with Crippen molar-refractivity contribution in [3.05, 3.63) is 30.3 Å². The van der Waals surface area contributed by atoms with Crippen LogP contribution in [-0.2, 0) is 14.3 Å². The van der Waals surface area contributed by atoms with E-state index in [0.717, 1.165) is 0 Å². The van der Waals surface area contributed by atoms with Crippen LogP contribution in [0.2, 0.25) is 0 Å². The molecule has 0 aromatic heterocycles. The maximum atomic E-state index is 10.2. The molecule has 0 atom stereocenters. The summed E-state index contributed by atoms with van der Waals surface area (Å²) in [5.41, 5.74) is 0. The van der Waals surface area contributed by atoms with Crippen molar-refractivity contribution >= 4 is 11.8 Å². The van der Waals surface area contributed by atoms with Crippen LogP contribution in [0.4, 0.5) is 0 Å². The standard InChI is InChI=1S/C6H6O.C5H8O3/c7-6-4-2-1-3-5-6;1-4(6)3-5(7)8-2/h1-5,7H;3H2,1-2H3. The highest BCUT2D eigenvalue weighted by Gasteiger charge is 2.01. The first kappa shape index (κ1) is 13.2. The Morgan fingerprint density at radius 2 is 1.80 bits per heavy atom. The van der Waals surface area contributed by atoms with E-state index < -0.39 is 5.97 Å². The number of hydrogen-bond acceptors (Lipinski definition) is 4. The minimum atomic E-state index is -0.475. The first-order chi connectivity index (χ1) is 7.06. The van der Waals surface area contributed by atoms with Crippen LogP contribution >= 0.6 is 0 Å². The second kappa shape index (κ2) is 7.55. The zero-order valence-corrected chi connectivity index (χ0v) is 8.77. The Hall–Kier alpha value is -1.84. The molecule has 82 valence electrons. The van der Waals surface area contributed by atoms with Gasteiger partial charge in [-0.2, -0.15) is 0 Å². The monoisotopic (exact) mass is 210 g/mol. The largest absolute Gasteiger partial charge is 0.508 e. The highest BCUT2D eigenvalue weighted by Crippen LogP contribution is 2.02. The molecule has 1 rings (SSSR count). The van der Waals surface area contributed by atoms with E-state index in [-0.39, 0.29) is 12.2 Å². The van der Waals surface area contributed by atoms with E-state index in [9.17, 15) is 9.59 Å². The molecule has 1 N–H and O–H groups in total. The summed E-state index contributed by atoms with van der Waals surface area (Å²) in [7, 11) is 1.26. The van der Waals surface area contributed by atoms with E-state index in [4.69, 9.17) is 5.11 Å². The van der Waals surface area contributed by atoms with Crippen LogP contribution in [0.15, 0.2) is 30.3 Å². The average molecular weight is 210 g/mol. The normalized spacial score (nSPS) is 8.40. The quantitative estimate of drug-likeness (QED) is 0.594. The number of hydrogen-bond donors (Lipinski definition) is 1. The number of ketones is 1. The number of rotatable bonds is 2. The maximum Gasteiger partial charge on any atom is 0.313 e. The molecule has 4 nitrogen and oxygen atoms in total. The molecule has 0 heterocycles. The smallest absolute Gasteiger partial charge is 0.313 e. The van der Waals surface area contributed by atoms with Gasteiger partial charge in [0.25, 0.3) is 0 Å². The topological polar surface area (TPSA) is 63.6 Å². The molecule has 0 radical (unpaired) electrons. The number of ether oxygens (including phenoxy) is 1. The van der Waals surface area contributed by atoms with Gasteiger partial charge in [0, 0.05) is 0 Å². The van der Waals surface area contributed by atoms with E-state index >= 15 is 0 Å². The number of aromatic hydroxyl groups is 1. The van der Waals surface area contributed by atoms with Crippen LogP contribution in [-0.4, -0.2) is 24.0 Å². The van der Waals surface area contributed by atoms with Gasteiger partial charge in [-0.3, -0.25) is 9.59 Å². The Balaban J connectivity index is 0.000000262. The number of phenolic OH excluding ortho intramolecular Hbond substituents is 1. The first-order valence-corrected chi connectivity index (χ1v) is 4.36. The van der Waals surface area contributed by atoms with Gasteiger partial charge in [0.15, 0.2) is 0 Å². The van der Waals surface area contributed by atoms with Crippen molar-refractivity contribution in [2.24, 2.45) is 0 Å². The van der Waals surface area contributed by atoms with Crippen molar-refractivity contribution in [3.8, 4) is 5.75 Å². The van der Waals surface area contributed by atoms with Crippen molar-refractivity contribution in [2.45, 2.75) is 13.3 Å². The molecule has 0 aliphatic rings. The Labute approximate surface area is 88.5 Å². The summed E-state index contributed by atoms with van der Waals surface area (Å²) in [6.07, 6.45) is -0.115. The van der Waals surface area contributed by atoms with E-state index in [0.29, 0.717) is 5.75 Å². The molecule has 0 bridgehead atoms. The molecule has 0 aliphatic carbocycles. The Morgan fingerprint density at radius 1 is 1.27 bits per heavy atom. The van der Waals surface area contributed by atoms with Crippen LogP contribution in [0, 0.1) is 0 Å². The highest BCUT2D eigenvalue weighted by molar-refractivity contribution is 5.93. The molecular weight excluding hydrogens is 196 g/mol. The van der Waals surface area contributed by atoms with Gasteiger partial charge in [0.05, 0.1) is 7.11 Å². The zero-order valence-electron chi connectivity index (χ0n) is 8.77. The summed E-state index contributed by atoms with van der Waals surface area (Å²) in [6.45, 7) is 1.34. The Morgan fingerprint density at radius 3 is 2.00 bits per heavy atom. The van der Waals surface area contributed by atoms with Crippen LogP contribution in [0.5, 0.6) is 5.75 Å². The average Bonchev–Trinajstić information content (AvgIpc) is 2.19. The fourth-order valence-corrected chi connectivity index (χ4v) is 0.703. The second-order valence-corrected chi connectivity index (χ2v) is 2.79. The van der Waals surface area contributed by atoms with E-state index in [2.05, 4.69) is 4.74 Å². The van der Waals surface area contributed by atoms with Crippen LogP contribution in [0.3, 0.4) is 0 Å². The fourth-order valence-electron chi connectivity index (χ4n) is 0.703. The van der Waals surface area contributed by atoms with Crippen molar-refractivity contribution in [1.82, 2.24) is 0 Å². The molecule has 0 amide bonds. The molecule has 0 fully saturated rings. The van der Waals surface area contributed by atoms with Crippen LogP contribution < -0.4 is 0 Å². The number of para-hydroxylation sites is 1. The molecule has 0 unspecified atom stereocenters. The van der Waals surface area contributed by atoms with Gasteiger partial charge >= 0.3 is 5.97 Å². The first-order valence-electron chi connectivity index (χ1n) is 4.36. The van der Waals surface area contributed by atoms with E-state index in [1.165, 1.54) is 14.0 Å². The van der Waals surface area contributed by atoms with Gasteiger partial charge in [-0.1, -0.05) is 18.2 Å². The van der Waals surface area contributed by atoms with Gasteiger partial charge < -0.3 is 9.84 Å². The minimum Gasteiger partial charge on any atom is -0.508 e. The number of methoxy groups -OCH3 is 1. The number of carbonyl (C=O) groups excluding carboxylic acids is 2. The summed E-state index contributed by atoms with van der Waals surface area (Å²) >= 11 is 0. The van der Waals surface area contributed by atoms with Gasteiger partial charge in [-0.15, -0.1) is 0 Å². The van der Waals surface area contributed by atoms with Crippen molar-refractivity contribution in [2.75, 3.05) is 7.11 Å². The van der Waals surface area contributed by atoms with E-state index in [1.807, 2.05) is 6.07 Å². The molecule has 0 aliphatic heterocycles. The molecule has 0 spiro atoms. The van der Waals surface area contributed by atoms with Crippen molar-refractivity contribution in [3.63, 3.8) is 0 Å². The van der Waals surface area contributed by atoms with Crippen LogP contribution in [0.25, 0.3) is 0 Å². The third kappa shape index (κ3) is 8.49. The second-order valence-electron chi connectivity index (χ2n) is 2.79. The molecular formula is C11H14O4. The Kier molecular flexibility index (Phi) is 6.63. The zero-order chi connectivity index (χ0) is 11.7. The van der Waals surface area contributed by atoms with Crippen molar-refractivity contribution < 1.29 is 19.4 Å².